The summed E-state index contributed by atoms with van der Waals surface area (Å²) in [4.78, 5) is 24.6. The number of aromatic nitrogens is 2. The highest BCUT2D eigenvalue weighted by Crippen LogP contribution is 2.07. The Morgan fingerprint density at radius 1 is 1.24 bits per heavy atom. The summed E-state index contributed by atoms with van der Waals surface area (Å²) in [6.45, 7) is 4.92. The number of hydrogen-bond donors (Lipinski definition) is 2. The van der Waals surface area contributed by atoms with Crippen molar-refractivity contribution in [3.63, 3.8) is 0 Å². The lowest BCUT2D eigenvalue weighted by molar-refractivity contribution is -0.123. The Hall–Kier alpha value is -2.70. The number of rotatable bonds is 8. The molecule has 1 aromatic heterocycles. The highest BCUT2D eigenvalue weighted by molar-refractivity contribution is 5.97. The van der Waals surface area contributed by atoms with Crippen LogP contribution in [0.2, 0.25) is 0 Å². The van der Waals surface area contributed by atoms with Crippen LogP contribution in [0.15, 0.2) is 42.7 Å². The summed E-state index contributed by atoms with van der Waals surface area (Å²) in [5.74, 6) is -1.11. The number of amides is 2. The molecule has 1 heterocycles. The van der Waals surface area contributed by atoms with Crippen molar-refractivity contribution in [3.8, 4) is 0 Å². The van der Waals surface area contributed by atoms with Crippen molar-refractivity contribution in [2.45, 2.75) is 32.9 Å². The monoisotopic (exact) mass is 346 g/mol. The average molecular weight is 346 g/mol. The predicted molar refractivity (Wildman–Crippen MR) is 92.3 cm³/mol. The number of hydrogen-bond acceptors (Lipinski definition) is 3. The first kappa shape index (κ1) is 18.6. The number of halogens is 1. The maximum atomic E-state index is 12.9. The SMILES string of the molecule is CC(C)C(NC(=O)c1ccc(F)cc1)C(=O)NCCCn1cccn1. The Morgan fingerprint density at radius 2 is 1.96 bits per heavy atom. The third-order valence-corrected chi connectivity index (χ3v) is 3.76. The molecule has 1 aromatic carbocycles. The number of carbonyl (C=O) groups excluding carboxylic acids is 2. The lowest BCUT2D eigenvalue weighted by Crippen LogP contribution is -2.49. The molecule has 2 amide bonds. The molecule has 0 aliphatic carbocycles. The molecule has 1 atom stereocenters. The van der Waals surface area contributed by atoms with E-state index in [0.717, 1.165) is 6.42 Å². The summed E-state index contributed by atoms with van der Waals surface area (Å²) >= 11 is 0. The van der Waals surface area contributed by atoms with Gasteiger partial charge in [0.25, 0.3) is 5.91 Å². The van der Waals surface area contributed by atoms with E-state index in [4.69, 9.17) is 0 Å². The van der Waals surface area contributed by atoms with E-state index in [9.17, 15) is 14.0 Å². The highest BCUT2D eigenvalue weighted by atomic mass is 19.1. The third kappa shape index (κ3) is 5.70. The number of carbonyl (C=O) groups is 2. The topological polar surface area (TPSA) is 76.0 Å². The van der Waals surface area contributed by atoms with E-state index >= 15 is 0 Å². The summed E-state index contributed by atoms with van der Waals surface area (Å²) in [7, 11) is 0. The van der Waals surface area contributed by atoms with E-state index in [-0.39, 0.29) is 11.8 Å². The fraction of sp³-hybridized carbons (Fsp3) is 0.389. The van der Waals surface area contributed by atoms with Crippen LogP contribution in [-0.4, -0.2) is 34.2 Å². The van der Waals surface area contributed by atoms with Crippen LogP contribution in [0.4, 0.5) is 4.39 Å². The predicted octanol–water partition coefficient (Wildman–Crippen LogP) is 1.98. The summed E-state index contributed by atoms with van der Waals surface area (Å²) in [5, 5.41) is 9.65. The van der Waals surface area contributed by atoms with Crippen LogP contribution in [0.5, 0.6) is 0 Å². The van der Waals surface area contributed by atoms with Crippen LogP contribution in [0, 0.1) is 11.7 Å². The molecule has 0 radical (unpaired) electrons. The van der Waals surface area contributed by atoms with E-state index in [0.29, 0.717) is 18.7 Å². The van der Waals surface area contributed by atoms with Crippen LogP contribution >= 0.6 is 0 Å². The van der Waals surface area contributed by atoms with Crippen molar-refractivity contribution < 1.29 is 14.0 Å². The summed E-state index contributed by atoms with van der Waals surface area (Å²) in [6, 6.07) is 6.41. The Labute approximate surface area is 146 Å². The molecule has 0 saturated heterocycles. The smallest absolute Gasteiger partial charge is 0.251 e. The Balaban J connectivity index is 1.84. The molecule has 0 bridgehead atoms. The van der Waals surface area contributed by atoms with Gasteiger partial charge in [0.05, 0.1) is 0 Å². The van der Waals surface area contributed by atoms with Crippen molar-refractivity contribution in [2.24, 2.45) is 5.92 Å². The number of aryl methyl sites for hydroxylation is 1. The van der Waals surface area contributed by atoms with Gasteiger partial charge < -0.3 is 10.6 Å². The van der Waals surface area contributed by atoms with E-state index in [2.05, 4.69) is 15.7 Å². The van der Waals surface area contributed by atoms with Gasteiger partial charge in [-0.05, 0) is 42.7 Å². The number of nitrogens with zero attached hydrogens (tertiary/aromatic N) is 2. The second-order valence-electron chi connectivity index (χ2n) is 6.12. The summed E-state index contributed by atoms with van der Waals surface area (Å²) in [5.41, 5.74) is 0.318. The quantitative estimate of drug-likeness (QED) is 0.718. The fourth-order valence-electron chi connectivity index (χ4n) is 2.36. The summed E-state index contributed by atoms with van der Waals surface area (Å²) < 4.78 is 14.7. The van der Waals surface area contributed by atoms with Gasteiger partial charge in [-0.2, -0.15) is 5.10 Å². The molecular weight excluding hydrogens is 323 g/mol. The van der Waals surface area contributed by atoms with Crippen LogP contribution in [0.3, 0.4) is 0 Å². The maximum Gasteiger partial charge on any atom is 0.251 e. The van der Waals surface area contributed by atoms with Gasteiger partial charge in [0, 0.05) is 31.0 Å². The van der Waals surface area contributed by atoms with E-state index in [1.807, 2.05) is 26.1 Å². The molecule has 0 aliphatic heterocycles. The Morgan fingerprint density at radius 3 is 2.56 bits per heavy atom. The summed E-state index contributed by atoms with van der Waals surface area (Å²) in [6.07, 6.45) is 4.31. The molecule has 0 spiro atoms. The first-order valence-corrected chi connectivity index (χ1v) is 8.29. The van der Waals surface area contributed by atoms with Crippen LogP contribution in [-0.2, 0) is 11.3 Å². The Kier molecular flexibility index (Phi) is 6.68. The fourth-order valence-corrected chi connectivity index (χ4v) is 2.36. The Bertz CT molecular complexity index is 684. The lowest BCUT2D eigenvalue weighted by atomic mass is 10.0. The number of nitrogens with one attached hydrogen (secondary N) is 2. The van der Waals surface area contributed by atoms with Gasteiger partial charge in [-0.1, -0.05) is 13.8 Å². The molecule has 6 nitrogen and oxygen atoms in total. The van der Waals surface area contributed by atoms with Crippen molar-refractivity contribution >= 4 is 11.8 Å². The molecule has 0 saturated carbocycles. The van der Waals surface area contributed by atoms with Crippen LogP contribution in [0.1, 0.15) is 30.6 Å². The molecule has 0 aliphatic rings. The maximum absolute atomic E-state index is 12.9. The minimum absolute atomic E-state index is 0.0736. The second kappa shape index (κ2) is 8.96. The largest absolute Gasteiger partial charge is 0.354 e. The van der Waals surface area contributed by atoms with Crippen LogP contribution in [0.25, 0.3) is 0 Å². The standard InChI is InChI=1S/C18H23FN4O2/c1-13(2)16(22-17(24)14-5-7-15(19)8-6-14)18(25)20-9-3-11-23-12-4-10-21-23/h4-8,10,12-13,16H,3,9,11H2,1-2H3,(H,20,25)(H,22,24). The lowest BCUT2D eigenvalue weighted by Gasteiger charge is -2.21. The van der Waals surface area contributed by atoms with Gasteiger partial charge >= 0.3 is 0 Å². The normalized spacial score (nSPS) is 12.0. The zero-order chi connectivity index (χ0) is 18.2. The molecule has 134 valence electrons. The second-order valence-corrected chi connectivity index (χ2v) is 6.12. The van der Waals surface area contributed by atoms with E-state index in [1.54, 1.807) is 10.9 Å². The van der Waals surface area contributed by atoms with Gasteiger partial charge in [0.2, 0.25) is 5.91 Å². The average Bonchev–Trinajstić information content (AvgIpc) is 3.10. The molecule has 2 N–H and O–H groups in total. The molecular formula is C18H23FN4O2. The molecule has 7 heteroatoms. The zero-order valence-corrected chi connectivity index (χ0v) is 14.4. The molecule has 25 heavy (non-hydrogen) atoms. The first-order chi connectivity index (χ1) is 12.0. The van der Waals surface area contributed by atoms with Crippen molar-refractivity contribution in [1.29, 1.82) is 0 Å². The highest BCUT2D eigenvalue weighted by Gasteiger charge is 2.24. The molecule has 2 aromatic rings. The third-order valence-electron chi connectivity index (χ3n) is 3.76. The van der Waals surface area contributed by atoms with Crippen molar-refractivity contribution in [3.05, 3.63) is 54.1 Å². The van der Waals surface area contributed by atoms with Gasteiger partial charge in [-0.3, -0.25) is 14.3 Å². The van der Waals surface area contributed by atoms with Gasteiger partial charge in [-0.15, -0.1) is 0 Å². The minimum Gasteiger partial charge on any atom is -0.354 e. The minimum atomic E-state index is -0.651. The number of benzene rings is 1. The van der Waals surface area contributed by atoms with E-state index in [1.165, 1.54) is 24.3 Å². The molecule has 0 fully saturated rings. The van der Waals surface area contributed by atoms with Crippen molar-refractivity contribution in [2.75, 3.05) is 6.54 Å². The van der Waals surface area contributed by atoms with E-state index < -0.39 is 17.8 Å². The molecule has 2 rings (SSSR count). The first-order valence-electron chi connectivity index (χ1n) is 8.29. The molecule has 1 unspecified atom stereocenters. The van der Waals surface area contributed by atoms with Crippen molar-refractivity contribution in [1.82, 2.24) is 20.4 Å². The zero-order valence-electron chi connectivity index (χ0n) is 14.4. The van der Waals surface area contributed by atoms with Gasteiger partial charge in [0.1, 0.15) is 11.9 Å². The van der Waals surface area contributed by atoms with Crippen LogP contribution < -0.4 is 10.6 Å². The van der Waals surface area contributed by atoms with Gasteiger partial charge in [0.15, 0.2) is 0 Å². The van der Waals surface area contributed by atoms with Gasteiger partial charge in [-0.25, -0.2) is 4.39 Å².